The molecule has 25 heavy (non-hydrogen) atoms. The highest BCUT2D eigenvalue weighted by atomic mass is 16.4. The minimum atomic E-state index is -0.968. The van der Waals surface area contributed by atoms with E-state index in [-0.39, 0.29) is 5.56 Å². The Hall–Kier alpha value is -3.41. The number of nitrogens with zero attached hydrogens (tertiary/aromatic N) is 2. The van der Waals surface area contributed by atoms with Gasteiger partial charge in [-0.05, 0) is 44.2 Å². The lowest BCUT2D eigenvalue weighted by Crippen LogP contribution is -2.03. The van der Waals surface area contributed by atoms with E-state index in [0.29, 0.717) is 17.5 Å². The number of anilines is 4. The van der Waals surface area contributed by atoms with Crippen LogP contribution in [0.25, 0.3) is 0 Å². The largest absolute Gasteiger partial charge is 0.478 e. The van der Waals surface area contributed by atoms with Crippen molar-refractivity contribution in [3.8, 4) is 0 Å². The summed E-state index contributed by atoms with van der Waals surface area (Å²) in [5.41, 5.74) is 3.74. The molecule has 0 atom stereocenters. The molecule has 6 nitrogen and oxygen atoms in total. The van der Waals surface area contributed by atoms with Crippen molar-refractivity contribution in [3.05, 3.63) is 71.4 Å². The summed E-state index contributed by atoms with van der Waals surface area (Å²) >= 11 is 0. The zero-order valence-corrected chi connectivity index (χ0v) is 13.9. The number of aromatic nitrogens is 2. The Morgan fingerprint density at radius 2 is 1.68 bits per heavy atom. The summed E-state index contributed by atoms with van der Waals surface area (Å²) in [6.45, 7) is 3.90. The maximum absolute atomic E-state index is 11.1. The molecule has 1 aromatic heterocycles. The molecule has 0 aliphatic carbocycles. The Bertz CT molecular complexity index is 908. The Kier molecular flexibility index (Phi) is 4.61. The fourth-order valence-electron chi connectivity index (χ4n) is 2.33. The predicted octanol–water partition coefficient (Wildman–Crippen LogP) is 4.28. The minimum absolute atomic E-state index is 0.216. The summed E-state index contributed by atoms with van der Waals surface area (Å²) in [6, 6.07) is 16.3. The van der Waals surface area contributed by atoms with Crippen molar-refractivity contribution in [2.45, 2.75) is 13.8 Å². The third kappa shape index (κ3) is 4.32. The second-order valence-electron chi connectivity index (χ2n) is 5.72. The van der Waals surface area contributed by atoms with Gasteiger partial charge >= 0.3 is 5.97 Å². The van der Waals surface area contributed by atoms with Gasteiger partial charge in [-0.1, -0.05) is 23.8 Å². The van der Waals surface area contributed by atoms with Crippen molar-refractivity contribution in [1.82, 2.24) is 9.97 Å². The van der Waals surface area contributed by atoms with Crippen LogP contribution in [0, 0.1) is 13.8 Å². The van der Waals surface area contributed by atoms with Crippen LogP contribution in [0.3, 0.4) is 0 Å². The molecule has 0 saturated heterocycles. The van der Waals surface area contributed by atoms with Gasteiger partial charge in [-0.15, -0.1) is 0 Å². The van der Waals surface area contributed by atoms with E-state index >= 15 is 0 Å². The lowest BCUT2D eigenvalue weighted by molar-refractivity contribution is 0.0697. The van der Waals surface area contributed by atoms with Crippen LogP contribution < -0.4 is 10.6 Å². The van der Waals surface area contributed by atoms with Crippen LogP contribution in [-0.2, 0) is 0 Å². The number of hydrogen-bond acceptors (Lipinski definition) is 5. The lowest BCUT2D eigenvalue weighted by atomic mass is 10.2. The van der Waals surface area contributed by atoms with Gasteiger partial charge in [-0.3, -0.25) is 0 Å². The van der Waals surface area contributed by atoms with Gasteiger partial charge in [0.15, 0.2) is 0 Å². The number of hydrogen-bond donors (Lipinski definition) is 3. The van der Waals surface area contributed by atoms with Gasteiger partial charge in [0.25, 0.3) is 0 Å². The van der Waals surface area contributed by atoms with Crippen molar-refractivity contribution in [3.63, 3.8) is 0 Å². The topological polar surface area (TPSA) is 87.1 Å². The lowest BCUT2D eigenvalue weighted by Gasteiger charge is -2.10. The fraction of sp³-hybridized carbons (Fsp3) is 0.105. The number of nitrogens with one attached hydrogen (secondary N) is 2. The molecular weight excluding hydrogens is 316 g/mol. The van der Waals surface area contributed by atoms with Gasteiger partial charge in [0.05, 0.1) is 5.56 Å². The average molecular weight is 334 g/mol. The van der Waals surface area contributed by atoms with Crippen molar-refractivity contribution >= 4 is 29.1 Å². The monoisotopic (exact) mass is 334 g/mol. The van der Waals surface area contributed by atoms with Crippen LogP contribution in [0.4, 0.5) is 23.1 Å². The smallest absolute Gasteiger partial charge is 0.335 e. The summed E-state index contributed by atoms with van der Waals surface area (Å²) in [5, 5.41) is 15.4. The Labute approximate surface area is 145 Å². The second-order valence-corrected chi connectivity index (χ2v) is 5.72. The van der Waals surface area contributed by atoms with E-state index in [1.54, 1.807) is 30.3 Å². The predicted molar refractivity (Wildman–Crippen MR) is 97.9 cm³/mol. The molecule has 6 heteroatoms. The number of carboxylic acid groups (broad SMARTS) is 1. The van der Waals surface area contributed by atoms with Gasteiger partial charge in [0.1, 0.15) is 5.82 Å². The Balaban J connectivity index is 1.83. The van der Waals surface area contributed by atoms with Crippen LogP contribution in [0.5, 0.6) is 0 Å². The van der Waals surface area contributed by atoms with Crippen LogP contribution in [0.1, 0.15) is 21.6 Å². The quantitative estimate of drug-likeness (QED) is 0.645. The minimum Gasteiger partial charge on any atom is -0.478 e. The van der Waals surface area contributed by atoms with Gasteiger partial charge in [0, 0.05) is 23.1 Å². The van der Waals surface area contributed by atoms with Crippen molar-refractivity contribution in [2.24, 2.45) is 0 Å². The van der Waals surface area contributed by atoms with Crippen LogP contribution in [0.15, 0.2) is 54.6 Å². The van der Waals surface area contributed by atoms with Crippen LogP contribution in [0.2, 0.25) is 0 Å². The van der Waals surface area contributed by atoms with E-state index in [1.165, 1.54) is 5.56 Å². The molecule has 1 heterocycles. The molecular formula is C19H18N4O2. The zero-order chi connectivity index (χ0) is 17.8. The summed E-state index contributed by atoms with van der Waals surface area (Å²) in [4.78, 5) is 19.9. The molecule has 3 aromatic rings. The fourth-order valence-corrected chi connectivity index (χ4v) is 2.33. The van der Waals surface area contributed by atoms with Gasteiger partial charge in [-0.2, -0.15) is 4.98 Å². The first-order valence-electron chi connectivity index (χ1n) is 7.79. The number of aromatic carboxylic acids is 1. The molecule has 0 saturated carbocycles. The summed E-state index contributed by atoms with van der Waals surface area (Å²) < 4.78 is 0. The summed E-state index contributed by atoms with van der Waals surface area (Å²) in [6.07, 6.45) is 0. The Morgan fingerprint density at radius 1 is 0.920 bits per heavy atom. The molecule has 0 aliphatic rings. The third-order valence-corrected chi connectivity index (χ3v) is 3.54. The summed E-state index contributed by atoms with van der Waals surface area (Å²) in [7, 11) is 0. The van der Waals surface area contributed by atoms with Crippen molar-refractivity contribution in [1.29, 1.82) is 0 Å². The number of rotatable bonds is 5. The van der Waals surface area contributed by atoms with E-state index in [4.69, 9.17) is 5.11 Å². The first kappa shape index (κ1) is 16.4. The highest BCUT2D eigenvalue weighted by Crippen LogP contribution is 2.20. The standard InChI is InChI=1S/C19H18N4O2/c1-12-6-8-15(9-7-12)22-19-20-13(2)10-17(23-19)21-16-5-3-4-14(11-16)18(24)25/h3-11H,1-2H3,(H,24,25)(H2,20,21,22,23). The van der Waals surface area contributed by atoms with Crippen molar-refractivity contribution in [2.75, 3.05) is 10.6 Å². The molecule has 0 radical (unpaired) electrons. The highest BCUT2D eigenvalue weighted by Gasteiger charge is 2.06. The van der Waals surface area contributed by atoms with Gasteiger partial charge < -0.3 is 15.7 Å². The molecule has 126 valence electrons. The average Bonchev–Trinajstić information content (AvgIpc) is 2.57. The normalized spacial score (nSPS) is 10.3. The number of carboxylic acids is 1. The molecule has 0 unspecified atom stereocenters. The number of aryl methyl sites for hydroxylation is 2. The second kappa shape index (κ2) is 7.00. The molecule has 0 fully saturated rings. The molecule has 0 amide bonds. The van der Waals surface area contributed by atoms with E-state index in [1.807, 2.05) is 38.1 Å². The van der Waals surface area contributed by atoms with E-state index < -0.39 is 5.97 Å². The molecule has 2 aromatic carbocycles. The number of carbonyl (C=O) groups is 1. The summed E-state index contributed by atoms with van der Waals surface area (Å²) in [5.74, 6) is 0.0923. The highest BCUT2D eigenvalue weighted by molar-refractivity contribution is 5.89. The zero-order valence-electron chi connectivity index (χ0n) is 13.9. The number of benzene rings is 2. The van der Waals surface area contributed by atoms with Gasteiger partial charge in [-0.25, -0.2) is 9.78 Å². The van der Waals surface area contributed by atoms with Crippen molar-refractivity contribution < 1.29 is 9.90 Å². The Morgan fingerprint density at radius 3 is 2.40 bits per heavy atom. The maximum Gasteiger partial charge on any atom is 0.335 e. The molecule has 0 spiro atoms. The molecule has 0 aliphatic heterocycles. The van der Waals surface area contributed by atoms with Gasteiger partial charge in [0.2, 0.25) is 5.95 Å². The maximum atomic E-state index is 11.1. The van der Waals surface area contributed by atoms with E-state index in [0.717, 1.165) is 11.4 Å². The first-order valence-corrected chi connectivity index (χ1v) is 7.79. The molecule has 3 rings (SSSR count). The third-order valence-electron chi connectivity index (χ3n) is 3.54. The first-order chi connectivity index (χ1) is 12.0. The van der Waals surface area contributed by atoms with E-state index in [2.05, 4.69) is 20.6 Å². The molecule has 3 N–H and O–H groups in total. The van der Waals surface area contributed by atoms with E-state index in [9.17, 15) is 4.79 Å². The SMILES string of the molecule is Cc1ccc(Nc2nc(C)cc(Nc3cccc(C(=O)O)c3)n2)cc1. The van der Waals surface area contributed by atoms with Crippen LogP contribution >= 0.6 is 0 Å². The van der Waals surface area contributed by atoms with Crippen LogP contribution in [-0.4, -0.2) is 21.0 Å². The molecule has 0 bridgehead atoms.